The van der Waals surface area contributed by atoms with Gasteiger partial charge >= 0.3 is 0 Å². The number of aryl methyl sites for hydroxylation is 2. The summed E-state index contributed by atoms with van der Waals surface area (Å²) in [6.45, 7) is 4.62. The zero-order valence-corrected chi connectivity index (χ0v) is 12.3. The van der Waals surface area contributed by atoms with E-state index in [2.05, 4.69) is 30.4 Å². The van der Waals surface area contributed by atoms with Crippen LogP contribution in [0.5, 0.6) is 0 Å². The van der Waals surface area contributed by atoms with Gasteiger partial charge in [-0.25, -0.2) is 0 Å². The lowest BCUT2D eigenvalue weighted by Gasteiger charge is -2.27. The molecule has 0 spiro atoms. The number of rotatable bonds is 5. The molecule has 19 heavy (non-hydrogen) atoms. The molecule has 1 aromatic rings. The minimum absolute atomic E-state index is 0.608. The van der Waals surface area contributed by atoms with Gasteiger partial charge in [0.05, 0.1) is 0 Å². The van der Waals surface area contributed by atoms with Gasteiger partial charge in [-0.1, -0.05) is 38.0 Å². The van der Waals surface area contributed by atoms with Gasteiger partial charge in [-0.05, 0) is 60.6 Å². The van der Waals surface area contributed by atoms with Gasteiger partial charge in [0.1, 0.15) is 0 Å². The van der Waals surface area contributed by atoms with Crippen molar-refractivity contribution in [2.75, 3.05) is 6.54 Å². The number of fused-ring (bicyclic) bond motifs is 1. The smallest absolute Gasteiger partial charge is 0.0205 e. The minimum Gasteiger partial charge on any atom is -0.312 e. The summed E-state index contributed by atoms with van der Waals surface area (Å²) in [4.78, 5) is 0. The molecule has 0 atom stereocenters. The molecule has 0 bridgehead atoms. The Bertz CT molecular complexity index is 429. The molecule has 0 saturated heterocycles. The lowest BCUT2D eigenvalue weighted by molar-refractivity contribution is 0.268. The first-order chi connectivity index (χ1) is 9.31. The summed E-state index contributed by atoms with van der Waals surface area (Å²) < 4.78 is 0. The van der Waals surface area contributed by atoms with Crippen LogP contribution in [0.3, 0.4) is 0 Å². The predicted molar refractivity (Wildman–Crippen MR) is 81.4 cm³/mol. The summed E-state index contributed by atoms with van der Waals surface area (Å²) in [7, 11) is 0. The van der Waals surface area contributed by atoms with Gasteiger partial charge in [-0.2, -0.15) is 0 Å². The highest BCUT2D eigenvalue weighted by atomic mass is 14.9. The fourth-order valence-corrected chi connectivity index (χ4v) is 3.99. The summed E-state index contributed by atoms with van der Waals surface area (Å²) in [5.41, 5.74) is 5.27. The highest BCUT2D eigenvalue weighted by Crippen LogP contribution is 2.40. The van der Waals surface area contributed by atoms with Gasteiger partial charge < -0.3 is 5.32 Å². The Hall–Kier alpha value is -0.820. The van der Waals surface area contributed by atoms with Crippen molar-refractivity contribution in [3.8, 4) is 0 Å². The lowest BCUT2D eigenvalue weighted by Crippen LogP contribution is -2.31. The molecule has 1 heteroatoms. The van der Waals surface area contributed by atoms with E-state index < -0.39 is 0 Å². The monoisotopic (exact) mass is 257 g/mol. The molecule has 104 valence electrons. The van der Waals surface area contributed by atoms with Crippen LogP contribution in [-0.4, -0.2) is 6.54 Å². The van der Waals surface area contributed by atoms with Crippen molar-refractivity contribution < 1.29 is 0 Å². The lowest BCUT2D eigenvalue weighted by atomic mass is 9.83. The van der Waals surface area contributed by atoms with E-state index in [-0.39, 0.29) is 0 Å². The zero-order valence-electron chi connectivity index (χ0n) is 12.3. The van der Waals surface area contributed by atoms with Crippen LogP contribution in [0.25, 0.3) is 0 Å². The first-order valence-electron chi connectivity index (χ1n) is 8.13. The Morgan fingerprint density at radius 2 is 1.84 bits per heavy atom. The quantitative estimate of drug-likeness (QED) is 0.832. The number of hydrogen-bond donors (Lipinski definition) is 1. The summed E-state index contributed by atoms with van der Waals surface area (Å²) in [6.07, 6.45) is 11.0. The van der Waals surface area contributed by atoms with Gasteiger partial charge in [-0.15, -0.1) is 0 Å². The Morgan fingerprint density at radius 1 is 1.05 bits per heavy atom. The average Bonchev–Trinajstić information content (AvgIpc) is 3.07. The molecule has 0 amide bonds. The Kier molecular flexibility index (Phi) is 3.93. The van der Waals surface area contributed by atoms with E-state index in [0.29, 0.717) is 5.41 Å². The average molecular weight is 257 g/mol. The first-order valence-corrected chi connectivity index (χ1v) is 8.13. The highest BCUT2D eigenvalue weighted by molar-refractivity contribution is 5.35. The third kappa shape index (κ3) is 2.86. The van der Waals surface area contributed by atoms with E-state index in [1.54, 1.807) is 11.1 Å². The Labute approximate surface area is 117 Å². The molecule has 0 heterocycles. The van der Waals surface area contributed by atoms with Gasteiger partial charge in [0.2, 0.25) is 0 Å². The van der Waals surface area contributed by atoms with E-state index >= 15 is 0 Å². The van der Waals surface area contributed by atoms with Crippen LogP contribution in [0.4, 0.5) is 0 Å². The minimum atomic E-state index is 0.608. The van der Waals surface area contributed by atoms with Crippen molar-refractivity contribution in [1.29, 1.82) is 0 Å². The van der Waals surface area contributed by atoms with Gasteiger partial charge in [0.15, 0.2) is 0 Å². The molecule has 1 saturated carbocycles. The van der Waals surface area contributed by atoms with Crippen molar-refractivity contribution in [3.63, 3.8) is 0 Å². The maximum atomic E-state index is 3.73. The summed E-state index contributed by atoms with van der Waals surface area (Å²) in [6, 6.07) is 7.11. The van der Waals surface area contributed by atoms with Crippen LogP contribution in [0.1, 0.15) is 62.1 Å². The molecule has 0 unspecified atom stereocenters. The molecule has 0 radical (unpaired) electrons. The van der Waals surface area contributed by atoms with Crippen molar-refractivity contribution >= 4 is 0 Å². The molecule has 0 aromatic heterocycles. The van der Waals surface area contributed by atoms with Gasteiger partial charge in [0, 0.05) is 13.1 Å². The van der Waals surface area contributed by atoms with Crippen LogP contribution in [0.2, 0.25) is 0 Å². The molecular formula is C18H27N. The molecule has 2 aliphatic rings. The molecule has 1 N–H and O–H groups in total. The van der Waals surface area contributed by atoms with Crippen LogP contribution in [0, 0.1) is 5.41 Å². The Morgan fingerprint density at radius 3 is 2.63 bits per heavy atom. The second kappa shape index (κ2) is 5.66. The standard InChI is InChI=1S/C18H27N/c1-2-18(10-3-4-11-18)14-19-13-15-8-9-16-6-5-7-17(16)12-15/h8-9,12,19H,2-7,10-11,13-14H2,1H3. The van der Waals surface area contributed by atoms with Crippen molar-refractivity contribution in [2.45, 2.75) is 64.8 Å². The van der Waals surface area contributed by atoms with Crippen LogP contribution >= 0.6 is 0 Å². The molecule has 1 aromatic carbocycles. The Balaban J connectivity index is 1.55. The largest absolute Gasteiger partial charge is 0.312 e. The molecule has 3 rings (SSSR count). The summed E-state index contributed by atoms with van der Waals surface area (Å²) >= 11 is 0. The summed E-state index contributed by atoms with van der Waals surface area (Å²) in [5, 5.41) is 3.73. The third-order valence-electron chi connectivity index (χ3n) is 5.41. The van der Waals surface area contributed by atoms with Crippen LogP contribution < -0.4 is 5.32 Å². The fraction of sp³-hybridized carbons (Fsp3) is 0.667. The number of nitrogens with one attached hydrogen (secondary N) is 1. The second-order valence-electron chi connectivity index (χ2n) is 6.62. The van der Waals surface area contributed by atoms with Crippen molar-refractivity contribution in [1.82, 2.24) is 5.32 Å². The first kappa shape index (κ1) is 13.2. The van der Waals surface area contributed by atoms with E-state index in [1.165, 1.54) is 63.5 Å². The molecule has 1 nitrogen and oxygen atoms in total. The highest BCUT2D eigenvalue weighted by Gasteiger charge is 2.31. The third-order valence-corrected chi connectivity index (χ3v) is 5.41. The topological polar surface area (TPSA) is 12.0 Å². The van der Waals surface area contributed by atoms with Gasteiger partial charge in [-0.3, -0.25) is 0 Å². The molecule has 0 aliphatic heterocycles. The summed E-state index contributed by atoms with van der Waals surface area (Å²) in [5.74, 6) is 0. The zero-order chi connectivity index (χ0) is 13.1. The fourth-order valence-electron chi connectivity index (χ4n) is 3.99. The second-order valence-corrected chi connectivity index (χ2v) is 6.62. The molecule has 2 aliphatic carbocycles. The number of benzene rings is 1. The molecular weight excluding hydrogens is 230 g/mol. The van der Waals surface area contributed by atoms with Crippen molar-refractivity contribution in [2.24, 2.45) is 5.41 Å². The van der Waals surface area contributed by atoms with E-state index in [1.807, 2.05) is 0 Å². The maximum absolute atomic E-state index is 3.73. The predicted octanol–water partition coefficient (Wildman–Crippen LogP) is 4.24. The molecule has 1 fully saturated rings. The van der Waals surface area contributed by atoms with Crippen molar-refractivity contribution in [3.05, 3.63) is 34.9 Å². The number of hydrogen-bond acceptors (Lipinski definition) is 1. The van der Waals surface area contributed by atoms with E-state index in [4.69, 9.17) is 0 Å². The maximum Gasteiger partial charge on any atom is 0.0205 e. The van der Waals surface area contributed by atoms with E-state index in [9.17, 15) is 0 Å². The SMILES string of the molecule is CCC1(CNCc2ccc3c(c2)CCC3)CCCC1. The van der Waals surface area contributed by atoms with E-state index in [0.717, 1.165) is 6.54 Å². The van der Waals surface area contributed by atoms with Crippen LogP contribution in [-0.2, 0) is 19.4 Å². The van der Waals surface area contributed by atoms with Crippen LogP contribution in [0.15, 0.2) is 18.2 Å². The van der Waals surface area contributed by atoms with Gasteiger partial charge in [0.25, 0.3) is 0 Å². The normalized spacial score (nSPS) is 20.7.